The van der Waals surface area contributed by atoms with Gasteiger partial charge in [0.15, 0.2) is 5.96 Å². The summed E-state index contributed by atoms with van der Waals surface area (Å²) in [6.45, 7) is 13.0. The van der Waals surface area contributed by atoms with Crippen molar-refractivity contribution in [1.29, 1.82) is 0 Å². The zero-order chi connectivity index (χ0) is 19.9. The molecular weight excluding hydrogens is 340 g/mol. The number of hydrogen-bond donors (Lipinski definition) is 3. The Labute approximate surface area is 164 Å². The van der Waals surface area contributed by atoms with Crippen LogP contribution < -0.4 is 10.6 Å². The first-order chi connectivity index (χ1) is 12.8. The van der Waals surface area contributed by atoms with Crippen molar-refractivity contribution in [3.8, 4) is 0 Å². The van der Waals surface area contributed by atoms with Gasteiger partial charge in [-0.05, 0) is 30.5 Å². The van der Waals surface area contributed by atoms with Crippen LogP contribution in [0.3, 0.4) is 0 Å². The quantitative estimate of drug-likeness (QED) is 0.523. The Bertz CT molecular complexity index is 595. The molecule has 6 nitrogen and oxygen atoms in total. The molecule has 2 atom stereocenters. The number of nitrogens with zero attached hydrogens (tertiary/aromatic N) is 2. The highest BCUT2D eigenvalue weighted by molar-refractivity contribution is 5.79. The molecule has 0 aliphatic carbocycles. The van der Waals surface area contributed by atoms with Crippen molar-refractivity contribution in [2.45, 2.75) is 45.3 Å². The van der Waals surface area contributed by atoms with Crippen molar-refractivity contribution >= 4 is 5.96 Å². The highest BCUT2D eigenvalue weighted by Crippen LogP contribution is 2.24. The number of hydrogen-bond acceptors (Lipinski definition) is 4. The molecular formula is C21H36N4O2. The Hall–Kier alpha value is -1.63. The normalized spacial score (nSPS) is 20.4. The van der Waals surface area contributed by atoms with Gasteiger partial charge in [0.05, 0.1) is 25.4 Å². The molecule has 152 valence electrons. The fraction of sp³-hybridized carbons (Fsp3) is 0.667. The third kappa shape index (κ3) is 7.13. The molecule has 6 heteroatoms. The minimum atomic E-state index is -0.619. The lowest BCUT2D eigenvalue weighted by molar-refractivity contribution is -0.0161. The molecule has 1 saturated heterocycles. The van der Waals surface area contributed by atoms with E-state index in [2.05, 4.69) is 60.5 Å². The molecule has 1 aliphatic heterocycles. The number of ether oxygens (including phenoxy) is 1. The van der Waals surface area contributed by atoms with Crippen LogP contribution in [0.25, 0.3) is 0 Å². The predicted molar refractivity (Wildman–Crippen MR) is 111 cm³/mol. The van der Waals surface area contributed by atoms with Gasteiger partial charge in [-0.2, -0.15) is 0 Å². The Morgan fingerprint density at radius 1 is 1.30 bits per heavy atom. The van der Waals surface area contributed by atoms with Gasteiger partial charge in [-0.1, -0.05) is 45.0 Å². The van der Waals surface area contributed by atoms with E-state index < -0.39 is 6.10 Å². The summed E-state index contributed by atoms with van der Waals surface area (Å²) in [5.74, 6) is 0.708. The number of nitrogens with one attached hydrogen (secondary N) is 2. The fourth-order valence-corrected chi connectivity index (χ4v) is 3.03. The monoisotopic (exact) mass is 376 g/mol. The Morgan fingerprint density at radius 3 is 2.59 bits per heavy atom. The van der Waals surface area contributed by atoms with E-state index in [1.807, 2.05) is 19.1 Å². The number of likely N-dealkylation sites (N-methyl/N-ethyl adjacent to an activating group) is 1. The van der Waals surface area contributed by atoms with Crippen LogP contribution in [0, 0.1) is 0 Å². The van der Waals surface area contributed by atoms with Gasteiger partial charge in [-0.3, -0.25) is 4.99 Å². The minimum Gasteiger partial charge on any atom is -0.386 e. The zero-order valence-corrected chi connectivity index (χ0v) is 17.5. The average Bonchev–Trinajstić information content (AvgIpc) is 2.63. The van der Waals surface area contributed by atoms with Crippen LogP contribution in [0.4, 0.5) is 0 Å². The van der Waals surface area contributed by atoms with Crippen LogP contribution in [0.2, 0.25) is 0 Å². The maximum Gasteiger partial charge on any atom is 0.191 e. The van der Waals surface area contributed by atoms with Crippen molar-refractivity contribution < 1.29 is 9.84 Å². The van der Waals surface area contributed by atoms with Crippen molar-refractivity contribution in [1.82, 2.24) is 15.5 Å². The van der Waals surface area contributed by atoms with Crippen LogP contribution in [-0.4, -0.2) is 68.4 Å². The summed E-state index contributed by atoms with van der Waals surface area (Å²) in [5, 5.41) is 17.0. The molecule has 0 saturated carbocycles. The molecule has 1 aromatic rings. The molecule has 1 aliphatic rings. The SMILES string of the molecule is CCNC(=NCC(O)c1ccc(C(C)(C)C)cc1)NCC1CN(C)CCO1. The molecule has 0 radical (unpaired) electrons. The molecule has 1 heterocycles. The molecule has 1 aromatic carbocycles. The van der Waals surface area contributed by atoms with Crippen LogP contribution >= 0.6 is 0 Å². The van der Waals surface area contributed by atoms with E-state index in [-0.39, 0.29) is 11.5 Å². The van der Waals surface area contributed by atoms with Gasteiger partial charge in [-0.15, -0.1) is 0 Å². The van der Waals surface area contributed by atoms with Crippen LogP contribution in [0.15, 0.2) is 29.3 Å². The minimum absolute atomic E-state index is 0.110. The first-order valence-electron chi connectivity index (χ1n) is 9.90. The highest BCUT2D eigenvalue weighted by atomic mass is 16.5. The van der Waals surface area contributed by atoms with Crippen molar-refractivity contribution in [3.63, 3.8) is 0 Å². The second kappa shape index (κ2) is 10.1. The predicted octanol–water partition coefficient (Wildman–Crippen LogP) is 1.90. The first-order valence-corrected chi connectivity index (χ1v) is 9.90. The average molecular weight is 377 g/mol. The Kier molecular flexibility index (Phi) is 8.07. The third-order valence-corrected chi connectivity index (χ3v) is 4.77. The van der Waals surface area contributed by atoms with E-state index in [1.165, 1.54) is 5.56 Å². The number of rotatable bonds is 6. The van der Waals surface area contributed by atoms with Gasteiger partial charge in [0.1, 0.15) is 0 Å². The Morgan fingerprint density at radius 2 is 2.00 bits per heavy atom. The van der Waals surface area contributed by atoms with E-state index >= 15 is 0 Å². The molecule has 2 unspecified atom stereocenters. The number of aliphatic hydroxyl groups is 1. The van der Waals surface area contributed by atoms with Gasteiger partial charge in [0.2, 0.25) is 0 Å². The summed E-state index contributed by atoms with van der Waals surface area (Å²) < 4.78 is 5.77. The summed E-state index contributed by atoms with van der Waals surface area (Å²) in [4.78, 5) is 6.81. The molecule has 2 rings (SSSR count). The standard InChI is InChI=1S/C21H36N4O2/c1-6-22-20(23-13-18-15-25(5)11-12-27-18)24-14-19(26)16-7-9-17(10-8-16)21(2,3)4/h7-10,18-19,26H,6,11-15H2,1-5H3,(H2,22,23,24). The smallest absolute Gasteiger partial charge is 0.191 e. The largest absolute Gasteiger partial charge is 0.386 e. The molecule has 0 bridgehead atoms. The van der Waals surface area contributed by atoms with Gasteiger partial charge in [0.25, 0.3) is 0 Å². The summed E-state index contributed by atoms with van der Waals surface area (Å²) in [5.41, 5.74) is 2.26. The number of benzene rings is 1. The maximum absolute atomic E-state index is 10.5. The van der Waals surface area contributed by atoms with Crippen LogP contribution in [-0.2, 0) is 10.2 Å². The van der Waals surface area contributed by atoms with Gasteiger partial charge >= 0.3 is 0 Å². The Balaban J connectivity index is 1.90. The summed E-state index contributed by atoms with van der Waals surface area (Å²) >= 11 is 0. The van der Waals surface area contributed by atoms with E-state index in [0.717, 1.165) is 31.8 Å². The lowest BCUT2D eigenvalue weighted by atomic mass is 9.86. The summed E-state index contributed by atoms with van der Waals surface area (Å²) in [6, 6.07) is 8.16. The van der Waals surface area contributed by atoms with E-state index in [9.17, 15) is 5.11 Å². The molecule has 27 heavy (non-hydrogen) atoms. The summed E-state index contributed by atoms with van der Waals surface area (Å²) in [6.07, 6.45) is -0.464. The van der Waals surface area contributed by atoms with Crippen LogP contribution in [0.1, 0.15) is 44.9 Å². The van der Waals surface area contributed by atoms with Crippen molar-refractivity contribution in [2.24, 2.45) is 4.99 Å². The molecule has 0 spiro atoms. The van der Waals surface area contributed by atoms with Gasteiger partial charge in [-0.25, -0.2) is 0 Å². The van der Waals surface area contributed by atoms with E-state index in [1.54, 1.807) is 0 Å². The number of aliphatic imine (C=N–C) groups is 1. The van der Waals surface area contributed by atoms with E-state index in [0.29, 0.717) is 19.0 Å². The first kappa shape index (κ1) is 21.7. The number of guanidine groups is 1. The van der Waals surface area contributed by atoms with E-state index in [4.69, 9.17) is 4.74 Å². The van der Waals surface area contributed by atoms with Crippen molar-refractivity contribution in [2.75, 3.05) is 46.4 Å². The second-order valence-corrected chi connectivity index (χ2v) is 8.24. The van der Waals surface area contributed by atoms with Gasteiger partial charge in [0, 0.05) is 26.2 Å². The highest BCUT2D eigenvalue weighted by Gasteiger charge is 2.18. The molecule has 0 amide bonds. The lowest BCUT2D eigenvalue weighted by Gasteiger charge is -2.30. The molecule has 0 aromatic heterocycles. The molecule has 3 N–H and O–H groups in total. The topological polar surface area (TPSA) is 69.1 Å². The third-order valence-electron chi connectivity index (χ3n) is 4.77. The zero-order valence-electron chi connectivity index (χ0n) is 17.5. The number of aliphatic hydroxyl groups excluding tert-OH is 1. The summed E-state index contributed by atoms with van der Waals surface area (Å²) in [7, 11) is 2.11. The van der Waals surface area contributed by atoms with Crippen molar-refractivity contribution in [3.05, 3.63) is 35.4 Å². The fourth-order valence-electron chi connectivity index (χ4n) is 3.03. The maximum atomic E-state index is 10.5. The second-order valence-electron chi connectivity index (χ2n) is 8.24. The lowest BCUT2D eigenvalue weighted by Crippen LogP contribution is -2.48. The van der Waals surface area contributed by atoms with Gasteiger partial charge < -0.3 is 25.4 Å². The molecule has 1 fully saturated rings. The van der Waals surface area contributed by atoms with Crippen LogP contribution in [0.5, 0.6) is 0 Å². The number of morpholine rings is 1.